The van der Waals surface area contributed by atoms with Gasteiger partial charge in [-0.25, -0.2) is 0 Å². The fourth-order valence-electron chi connectivity index (χ4n) is 1.32. The number of hydrogen-bond acceptors (Lipinski definition) is 4. The molecule has 0 fully saturated rings. The minimum Gasteiger partial charge on any atom is -0.404 e. The Morgan fingerprint density at radius 3 is 2.71 bits per heavy atom. The molecule has 2 heterocycles. The zero-order valence-electron chi connectivity index (χ0n) is 8.65. The molecule has 0 N–H and O–H groups in total. The highest BCUT2D eigenvalue weighted by molar-refractivity contribution is 9.10. The maximum absolute atomic E-state index is 10.5. The summed E-state index contributed by atoms with van der Waals surface area (Å²) < 4.78 is 6.19. The number of furan rings is 1. The van der Waals surface area contributed by atoms with Crippen molar-refractivity contribution in [3.63, 3.8) is 0 Å². The van der Waals surface area contributed by atoms with E-state index in [1.54, 1.807) is 17.4 Å². The van der Waals surface area contributed by atoms with E-state index in [-0.39, 0.29) is 10.7 Å². The van der Waals surface area contributed by atoms with E-state index in [9.17, 15) is 10.1 Å². The second-order valence-electron chi connectivity index (χ2n) is 3.35. The number of aryl methyl sites for hydroxylation is 1. The van der Waals surface area contributed by atoms with Gasteiger partial charge in [0.15, 0.2) is 0 Å². The molecule has 90 valence electrons. The van der Waals surface area contributed by atoms with Crippen LogP contribution in [-0.2, 0) is 0 Å². The van der Waals surface area contributed by atoms with Crippen LogP contribution in [0.25, 0.3) is 0 Å². The minimum atomic E-state index is -0.543. The maximum atomic E-state index is 10.5. The van der Waals surface area contributed by atoms with Crippen LogP contribution in [0, 0.1) is 17.0 Å². The van der Waals surface area contributed by atoms with E-state index in [1.165, 1.54) is 6.07 Å². The molecule has 0 aromatic carbocycles. The average molecular weight is 381 g/mol. The number of rotatable bonds is 3. The zero-order chi connectivity index (χ0) is 12.6. The van der Waals surface area contributed by atoms with Crippen molar-refractivity contribution in [2.45, 2.75) is 11.8 Å². The Bertz CT molecular complexity index is 544. The zero-order valence-corrected chi connectivity index (χ0v) is 12.6. The lowest BCUT2D eigenvalue weighted by Gasteiger charge is -2.01. The summed E-state index contributed by atoms with van der Waals surface area (Å²) >= 11 is 8.52. The van der Waals surface area contributed by atoms with E-state index < -0.39 is 4.92 Å². The maximum Gasteiger partial charge on any atom is 0.433 e. The van der Waals surface area contributed by atoms with E-state index in [1.807, 2.05) is 13.0 Å². The second-order valence-corrected chi connectivity index (χ2v) is 6.41. The molecule has 7 heteroatoms. The summed E-state index contributed by atoms with van der Waals surface area (Å²) in [5.74, 6) is 0.294. The fraction of sp³-hybridized carbons (Fsp3) is 0.200. The van der Waals surface area contributed by atoms with Gasteiger partial charge in [-0.3, -0.25) is 10.1 Å². The van der Waals surface area contributed by atoms with Crippen LogP contribution in [0.5, 0.6) is 0 Å². The molecular formula is C10H7Br2NO3S. The summed E-state index contributed by atoms with van der Waals surface area (Å²) in [5.41, 5.74) is 0. The van der Waals surface area contributed by atoms with Crippen molar-refractivity contribution in [2.75, 3.05) is 0 Å². The summed E-state index contributed by atoms with van der Waals surface area (Å²) in [6.45, 7) is 2.00. The van der Waals surface area contributed by atoms with Gasteiger partial charge in [0.2, 0.25) is 0 Å². The average Bonchev–Trinajstić information content (AvgIpc) is 2.86. The molecule has 0 saturated carbocycles. The molecule has 1 atom stereocenters. The monoisotopic (exact) mass is 379 g/mol. The molecule has 0 radical (unpaired) electrons. The first-order valence-electron chi connectivity index (χ1n) is 4.63. The first-order chi connectivity index (χ1) is 7.99. The van der Waals surface area contributed by atoms with Crippen LogP contribution in [0.3, 0.4) is 0 Å². The molecule has 0 amide bonds. The highest BCUT2D eigenvalue weighted by Crippen LogP contribution is 2.39. The lowest BCUT2D eigenvalue weighted by molar-refractivity contribution is -0.402. The summed E-state index contributed by atoms with van der Waals surface area (Å²) in [5, 5.41) is 10.5. The molecule has 0 saturated heterocycles. The normalized spacial score (nSPS) is 12.6. The molecule has 0 spiro atoms. The highest BCUT2D eigenvalue weighted by Gasteiger charge is 2.21. The molecule has 2 aromatic rings. The molecule has 0 aliphatic heterocycles. The Kier molecular flexibility index (Phi) is 3.70. The van der Waals surface area contributed by atoms with Gasteiger partial charge >= 0.3 is 5.88 Å². The Morgan fingerprint density at radius 1 is 1.53 bits per heavy atom. The van der Waals surface area contributed by atoms with Crippen LogP contribution in [0.4, 0.5) is 5.88 Å². The minimum absolute atomic E-state index is 0.161. The van der Waals surface area contributed by atoms with Crippen LogP contribution < -0.4 is 0 Å². The number of halogens is 2. The van der Waals surface area contributed by atoms with Gasteiger partial charge in [-0.15, -0.1) is 11.3 Å². The van der Waals surface area contributed by atoms with E-state index in [0.717, 1.165) is 14.2 Å². The Balaban J connectivity index is 2.30. The van der Waals surface area contributed by atoms with E-state index >= 15 is 0 Å². The predicted molar refractivity (Wildman–Crippen MR) is 72.9 cm³/mol. The van der Waals surface area contributed by atoms with Crippen molar-refractivity contribution in [1.82, 2.24) is 0 Å². The van der Waals surface area contributed by atoms with Crippen molar-refractivity contribution >= 4 is 49.1 Å². The van der Waals surface area contributed by atoms with Gasteiger partial charge in [0.1, 0.15) is 15.5 Å². The van der Waals surface area contributed by atoms with E-state index in [2.05, 4.69) is 31.9 Å². The summed E-state index contributed by atoms with van der Waals surface area (Å²) in [4.78, 5) is 12.0. The van der Waals surface area contributed by atoms with Crippen LogP contribution in [0.1, 0.15) is 20.3 Å². The third kappa shape index (κ3) is 2.61. The number of nitrogens with zero attached hydrogens (tertiary/aromatic N) is 1. The molecule has 0 aliphatic carbocycles. The van der Waals surface area contributed by atoms with Gasteiger partial charge in [0, 0.05) is 14.2 Å². The number of hydrogen-bond donors (Lipinski definition) is 0. The van der Waals surface area contributed by atoms with Crippen molar-refractivity contribution in [3.05, 3.63) is 48.3 Å². The Hall–Kier alpha value is -0.660. The van der Waals surface area contributed by atoms with Crippen LogP contribution in [0.2, 0.25) is 0 Å². The SMILES string of the molecule is Cc1sc(C(Br)c2ccc([N+](=O)[O-])o2)cc1Br. The van der Waals surface area contributed by atoms with E-state index in [0.29, 0.717) is 5.76 Å². The molecule has 17 heavy (non-hydrogen) atoms. The molecular weight excluding hydrogens is 374 g/mol. The standard InChI is InChI=1S/C10H7Br2NO3S/c1-5-6(11)4-8(17-5)10(12)7-2-3-9(16-7)13(14)15/h2-4,10H,1H3. The molecule has 0 aliphatic rings. The van der Waals surface area contributed by atoms with Gasteiger partial charge in [-0.1, -0.05) is 15.9 Å². The van der Waals surface area contributed by atoms with Gasteiger partial charge in [0.05, 0.1) is 6.07 Å². The molecule has 0 bridgehead atoms. The summed E-state index contributed by atoms with van der Waals surface area (Å²) in [7, 11) is 0. The molecule has 4 nitrogen and oxygen atoms in total. The highest BCUT2D eigenvalue weighted by atomic mass is 79.9. The van der Waals surface area contributed by atoms with Crippen LogP contribution >= 0.6 is 43.2 Å². The smallest absolute Gasteiger partial charge is 0.404 e. The van der Waals surface area contributed by atoms with Crippen molar-refractivity contribution in [3.8, 4) is 0 Å². The first-order valence-corrected chi connectivity index (χ1v) is 7.15. The second kappa shape index (κ2) is 4.91. The van der Waals surface area contributed by atoms with Crippen LogP contribution in [0.15, 0.2) is 27.1 Å². The van der Waals surface area contributed by atoms with E-state index in [4.69, 9.17) is 4.42 Å². The number of alkyl halides is 1. The summed E-state index contributed by atoms with van der Waals surface area (Å²) in [6, 6.07) is 4.95. The Morgan fingerprint density at radius 2 is 2.24 bits per heavy atom. The van der Waals surface area contributed by atoms with Crippen molar-refractivity contribution in [1.29, 1.82) is 0 Å². The third-order valence-corrected chi connectivity index (χ3v) is 5.62. The fourth-order valence-corrected chi connectivity index (χ4v) is 3.53. The predicted octanol–water partition coefficient (Wildman–Crippen LogP) is 4.80. The third-order valence-electron chi connectivity index (χ3n) is 2.17. The lowest BCUT2D eigenvalue weighted by Crippen LogP contribution is -1.87. The molecule has 1 unspecified atom stereocenters. The van der Waals surface area contributed by atoms with Crippen LogP contribution in [-0.4, -0.2) is 4.92 Å². The topological polar surface area (TPSA) is 56.3 Å². The largest absolute Gasteiger partial charge is 0.433 e. The number of nitro groups is 1. The molecule has 2 rings (SSSR count). The van der Waals surface area contributed by atoms with Gasteiger partial charge in [0.25, 0.3) is 0 Å². The van der Waals surface area contributed by atoms with Gasteiger partial charge in [-0.05, 0) is 35.0 Å². The molecule has 2 aromatic heterocycles. The van der Waals surface area contributed by atoms with Gasteiger partial charge in [-0.2, -0.15) is 0 Å². The quantitative estimate of drug-likeness (QED) is 0.436. The summed E-state index contributed by atoms with van der Waals surface area (Å²) in [6.07, 6.45) is 0. The number of thiophene rings is 1. The Labute approximate surface area is 118 Å². The first kappa shape index (κ1) is 12.8. The van der Waals surface area contributed by atoms with Gasteiger partial charge < -0.3 is 4.42 Å². The lowest BCUT2D eigenvalue weighted by atomic mass is 10.3. The van der Waals surface area contributed by atoms with Crippen molar-refractivity contribution < 1.29 is 9.34 Å². The van der Waals surface area contributed by atoms with Crippen molar-refractivity contribution in [2.24, 2.45) is 0 Å².